The number of hydrogen-bond donors (Lipinski definition) is 2. The first kappa shape index (κ1) is 9.83. The summed E-state index contributed by atoms with van der Waals surface area (Å²) < 4.78 is 9.17. The zero-order valence-corrected chi connectivity index (χ0v) is 7.52. The van der Waals surface area contributed by atoms with Gasteiger partial charge >= 0.3 is 6.16 Å². The number of fused-ring (bicyclic) bond motifs is 1. The van der Waals surface area contributed by atoms with Crippen molar-refractivity contribution in [3.05, 3.63) is 24.3 Å². The molecule has 2 rings (SSSR count). The maximum absolute atomic E-state index is 8.83. The van der Waals surface area contributed by atoms with E-state index in [0.717, 1.165) is 0 Å². The molecule has 1 heterocycles. The van der Waals surface area contributed by atoms with Crippen LogP contribution in [-0.4, -0.2) is 16.4 Å². The molecular formula is C9H12O4. The molecule has 0 unspecified atom stereocenters. The highest BCUT2D eigenvalue weighted by molar-refractivity contribution is 5.41. The van der Waals surface area contributed by atoms with Crippen LogP contribution in [0.15, 0.2) is 24.3 Å². The van der Waals surface area contributed by atoms with Crippen molar-refractivity contribution in [3.63, 3.8) is 0 Å². The van der Waals surface area contributed by atoms with Crippen molar-refractivity contribution in [1.29, 1.82) is 0 Å². The van der Waals surface area contributed by atoms with Crippen molar-refractivity contribution in [1.82, 2.24) is 0 Å². The molecule has 72 valence electrons. The predicted molar refractivity (Wildman–Crippen MR) is 46.2 cm³/mol. The van der Waals surface area contributed by atoms with E-state index in [0.29, 0.717) is 11.5 Å². The van der Waals surface area contributed by atoms with E-state index >= 15 is 0 Å². The molecule has 0 aliphatic carbocycles. The fourth-order valence-corrected chi connectivity index (χ4v) is 0.926. The normalized spacial score (nSPS) is 16.0. The number of hydrogen-bond acceptors (Lipinski definition) is 4. The van der Waals surface area contributed by atoms with Gasteiger partial charge in [-0.3, -0.25) is 10.2 Å². The van der Waals surface area contributed by atoms with Gasteiger partial charge in [0.15, 0.2) is 11.5 Å². The summed E-state index contributed by atoms with van der Waals surface area (Å²) in [5.74, 6) is 0.662. The second kappa shape index (κ2) is 3.64. The van der Waals surface area contributed by atoms with E-state index in [2.05, 4.69) is 9.47 Å². The number of benzene rings is 1. The summed E-state index contributed by atoms with van der Waals surface area (Å²) in [7, 11) is 0. The van der Waals surface area contributed by atoms with Crippen molar-refractivity contribution < 1.29 is 19.7 Å². The molecule has 0 saturated carbocycles. The van der Waals surface area contributed by atoms with Crippen LogP contribution in [0.3, 0.4) is 0 Å². The minimum absolute atomic E-state index is 0.331. The Labute approximate surface area is 76.3 Å². The van der Waals surface area contributed by atoms with Gasteiger partial charge < -0.3 is 9.47 Å². The van der Waals surface area contributed by atoms with Crippen molar-refractivity contribution in [2.45, 2.75) is 20.0 Å². The maximum Gasteiger partial charge on any atom is 0.505 e. The van der Waals surface area contributed by atoms with E-state index < -0.39 is 6.16 Å². The van der Waals surface area contributed by atoms with E-state index in [4.69, 9.17) is 10.2 Å². The topological polar surface area (TPSA) is 58.9 Å². The standard InChI is InChI=1S/C7H6O4.C2H6/c8-7(9)10-5-3-1-2-4-6(5)11-7;1-2/h1-4,8-9H;1-2H3. The molecule has 4 nitrogen and oxygen atoms in total. The molecule has 4 heteroatoms. The zero-order chi connectivity index (χ0) is 9.90. The molecular weight excluding hydrogens is 172 g/mol. The van der Waals surface area contributed by atoms with Gasteiger partial charge in [0.05, 0.1) is 0 Å². The Morgan fingerprint density at radius 1 is 1.00 bits per heavy atom. The highest BCUT2D eigenvalue weighted by atomic mass is 17.0. The summed E-state index contributed by atoms with van der Waals surface area (Å²) in [4.78, 5) is 0. The molecule has 0 bridgehead atoms. The number of aliphatic hydroxyl groups is 2. The van der Waals surface area contributed by atoms with Crippen LogP contribution in [0, 0.1) is 0 Å². The lowest BCUT2D eigenvalue weighted by Gasteiger charge is -2.10. The quantitative estimate of drug-likeness (QED) is 0.592. The van der Waals surface area contributed by atoms with E-state index in [9.17, 15) is 0 Å². The lowest BCUT2D eigenvalue weighted by atomic mass is 10.3. The Kier molecular flexibility index (Phi) is 2.75. The lowest BCUT2D eigenvalue weighted by Crippen LogP contribution is -2.37. The molecule has 0 spiro atoms. The van der Waals surface area contributed by atoms with Crippen LogP contribution in [0.2, 0.25) is 0 Å². The van der Waals surface area contributed by atoms with Gasteiger partial charge in [0.25, 0.3) is 0 Å². The first-order valence-corrected chi connectivity index (χ1v) is 4.09. The Morgan fingerprint density at radius 2 is 1.38 bits per heavy atom. The van der Waals surface area contributed by atoms with Gasteiger partial charge in [0, 0.05) is 0 Å². The molecule has 2 N–H and O–H groups in total. The molecule has 0 amide bonds. The Morgan fingerprint density at radius 3 is 1.77 bits per heavy atom. The van der Waals surface area contributed by atoms with Crippen molar-refractivity contribution in [2.24, 2.45) is 0 Å². The van der Waals surface area contributed by atoms with Crippen LogP contribution in [0.25, 0.3) is 0 Å². The number of para-hydroxylation sites is 2. The van der Waals surface area contributed by atoms with Crippen LogP contribution < -0.4 is 9.47 Å². The minimum atomic E-state index is -2.50. The molecule has 13 heavy (non-hydrogen) atoms. The smallest absolute Gasteiger partial charge is 0.403 e. The van der Waals surface area contributed by atoms with Gasteiger partial charge in [-0.15, -0.1) is 0 Å². The summed E-state index contributed by atoms with van der Waals surface area (Å²) in [6, 6.07) is 6.60. The van der Waals surface area contributed by atoms with E-state index in [1.54, 1.807) is 24.3 Å². The van der Waals surface area contributed by atoms with Crippen LogP contribution in [0.4, 0.5) is 0 Å². The minimum Gasteiger partial charge on any atom is -0.403 e. The van der Waals surface area contributed by atoms with E-state index in [-0.39, 0.29) is 0 Å². The van der Waals surface area contributed by atoms with Gasteiger partial charge in [0.1, 0.15) is 0 Å². The van der Waals surface area contributed by atoms with Crippen molar-refractivity contribution in [2.75, 3.05) is 0 Å². The van der Waals surface area contributed by atoms with Gasteiger partial charge in [0.2, 0.25) is 0 Å². The SMILES string of the molecule is CC.OC1(O)Oc2ccccc2O1. The van der Waals surface area contributed by atoms with Gasteiger partial charge in [-0.2, -0.15) is 0 Å². The predicted octanol–water partition coefficient (Wildman–Crippen LogP) is 1.08. The Balaban J connectivity index is 0.000000396. The second-order valence-corrected chi connectivity index (χ2v) is 2.20. The van der Waals surface area contributed by atoms with Crippen LogP contribution in [0.5, 0.6) is 11.5 Å². The van der Waals surface area contributed by atoms with Crippen molar-refractivity contribution >= 4 is 0 Å². The maximum atomic E-state index is 8.83. The van der Waals surface area contributed by atoms with Crippen molar-refractivity contribution in [3.8, 4) is 11.5 Å². The number of ether oxygens (including phenoxy) is 2. The second-order valence-electron chi connectivity index (χ2n) is 2.20. The van der Waals surface area contributed by atoms with Gasteiger partial charge in [-0.05, 0) is 12.1 Å². The zero-order valence-electron chi connectivity index (χ0n) is 7.52. The average Bonchev–Trinajstić information content (AvgIpc) is 2.41. The molecule has 1 aliphatic heterocycles. The molecule has 1 aromatic rings. The fourth-order valence-electron chi connectivity index (χ4n) is 0.926. The third-order valence-corrected chi connectivity index (χ3v) is 1.33. The highest BCUT2D eigenvalue weighted by Gasteiger charge is 2.37. The molecule has 0 saturated heterocycles. The van der Waals surface area contributed by atoms with Gasteiger partial charge in [-0.1, -0.05) is 26.0 Å². The third-order valence-electron chi connectivity index (χ3n) is 1.33. The third kappa shape index (κ3) is 2.11. The summed E-state index contributed by atoms with van der Waals surface area (Å²) in [5, 5.41) is 17.7. The van der Waals surface area contributed by atoms with Crippen LogP contribution >= 0.6 is 0 Å². The molecule has 1 aliphatic rings. The van der Waals surface area contributed by atoms with Crippen LogP contribution in [-0.2, 0) is 0 Å². The lowest BCUT2D eigenvalue weighted by molar-refractivity contribution is -0.385. The molecule has 0 fully saturated rings. The summed E-state index contributed by atoms with van der Waals surface area (Å²) >= 11 is 0. The summed E-state index contributed by atoms with van der Waals surface area (Å²) in [5.41, 5.74) is 0. The summed E-state index contributed by atoms with van der Waals surface area (Å²) in [6.07, 6.45) is -2.50. The highest BCUT2D eigenvalue weighted by Crippen LogP contribution is 2.36. The monoisotopic (exact) mass is 184 g/mol. The Hall–Kier alpha value is -1.26. The first-order chi connectivity index (χ1) is 6.17. The number of rotatable bonds is 0. The van der Waals surface area contributed by atoms with Gasteiger partial charge in [-0.25, -0.2) is 0 Å². The van der Waals surface area contributed by atoms with E-state index in [1.807, 2.05) is 13.8 Å². The molecule has 0 atom stereocenters. The largest absolute Gasteiger partial charge is 0.505 e. The molecule has 0 aromatic heterocycles. The molecule has 1 aromatic carbocycles. The Bertz CT molecular complexity index is 256. The average molecular weight is 184 g/mol. The molecule has 0 radical (unpaired) electrons. The summed E-state index contributed by atoms with van der Waals surface area (Å²) in [6.45, 7) is 4.00. The first-order valence-electron chi connectivity index (χ1n) is 4.09. The van der Waals surface area contributed by atoms with E-state index in [1.165, 1.54) is 0 Å². The van der Waals surface area contributed by atoms with Crippen LogP contribution in [0.1, 0.15) is 13.8 Å². The fraction of sp³-hybridized carbons (Fsp3) is 0.333.